The van der Waals surface area contributed by atoms with Gasteiger partial charge in [0.05, 0.1) is 11.0 Å². The van der Waals surface area contributed by atoms with Gasteiger partial charge in [0.1, 0.15) is 11.7 Å². The van der Waals surface area contributed by atoms with Gasteiger partial charge in [-0.05, 0) is 99.7 Å². The molecular formula is C35H42ClN7O4. The van der Waals surface area contributed by atoms with Crippen LogP contribution >= 0.6 is 12.4 Å². The zero-order valence-corrected chi connectivity index (χ0v) is 27.3. The Labute approximate surface area is 279 Å². The molecule has 0 spiro atoms. The van der Waals surface area contributed by atoms with Crippen LogP contribution in [0, 0.1) is 18.8 Å². The Morgan fingerprint density at radius 3 is 2.28 bits per heavy atom. The van der Waals surface area contributed by atoms with Crippen LogP contribution in [0.1, 0.15) is 66.7 Å². The molecule has 2 aromatic heterocycles. The lowest BCUT2D eigenvalue weighted by atomic mass is 9.81. The highest BCUT2D eigenvalue weighted by atomic mass is 35.5. The van der Waals surface area contributed by atoms with Gasteiger partial charge < -0.3 is 26.8 Å². The summed E-state index contributed by atoms with van der Waals surface area (Å²) in [6.07, 6.45) is 6.46. The lowest BCUT2D eigenvalue weighted by Gasteiger charge is -2.35. The Hall–Kier alpha value is -4.48. The minimum Gasteiger partial charge on any atom is -0.368 e. The molecular weight excluding hydrogens is 618 g/mol. The van der Waals surface area contributed by atoms with E-state index in [1.807, 2.05) is 37.3 Å². The molecule has 4 aromatic rings. The van der Waals surface area contributed by atoms with Crippen LogP contribution in [0.5, 0.6) is 0 Å². The average Bonchev–Trinajstić information content (AvgIpc) is 3.42. The number of amides is 3. The minimum absolute atomic E-state index is 0. The molecule has 2 aliphatic rings. The summed E-state index contributed by atoms with van der Waals surface area (Å²) >= 11 is 0. The third-order valence-corrected chi connectivity index (χ3v) is 9.64. The van der Waals surface area contributed by atoms with Crippen molar-refractivity contribution < 1.29 is 14.4 Å². The molecule has 6 rings (SSSR count). The van der Waals surface area contributed by atoms with Gasteiger partial charge in [0.15, 0.2) is 0 Å². The zero-order chi connectivity index (χ0) is 32.4. The average molecular weight is 660 g/mol. The van der Waals surface area contributed by atoms with E-state index in [-0.39, 0.29) is 48.3 Å². The summed E-state index contributed by atoms with van der Waals surface area (Å²) in [6, 6.07) is 15.8. The molecule has 0 unspecified atom stereocenters. The first-order valence-corrected chi connectivity index (χ1v) is 16.1. The minimum atomic E-state index is -0.953. The number of hydrogen-bond acceptors (Lipinski definition) is 6. The highest BCUT2D eigenvalue weighted by Gasteiger charge is 2.36. The topological polar surface area (TPSA) is 180 Å². The number of nitrogens with zero attached hydrogens (tertiary/aromatic N) is 2. The summed E-state index contributed by atoms with van der Waals surface area (Å²) in [7, 11) is 0. The Balaban J connectivity index is 0.00000433. The summed E-state index contributed by atoms with van der Waals surface area (Å²) in [5.74, 6) is -0.797. The fourth-order valence-electron chi connectivity index (χ4n) is 6.64. The predicted molar refractivity (Wildman–Crippen MR) is 184 cm³/mol. The second kappa shape index (κ2) is 14.5. The van der Waals surface area contributed by atoms with Crippen molar-refractivity contribution >= 4 is 46.8 Å². The third kappa shape index (κ3) is 7.41. The van der Waals surface area contributed by atoms with E-state index in [0.717, 1.165) is 54.5 Å². The smallest absolute Gasteiger partial charge is 0.323 e. The van der Waals surface area contributed by atoms with E-state index < -0.39 is 11.9 Å². The van der Waals surface area contributed by atoms with E-state index in [2.05, 4.69) is 20.3 Å². The largest absolute Gasteiger partial charge is 0.368 e. The molecule has 0 aliphatic heterocycles. The number of anilines is 1. The van der Waals surface area contributed by atoms with Crippen LogP contribution in [0.3, 0.4) is 0 Å². The number of aryl methyl sites for hydroxylation is 1. The van der Waals surface area contributed by atoms with Crippen molar-refractivity contribution in [3.63, 3.8) is 0 Å². The van der Waals surface area contributed by atoms with Gasteiger partial charge in [-0.3, -0.25) is 19.3 Å². The van der Waals surface area contributed by atoms with Crippen molar-refractivity contribution in [2.75, 3.05) is 11.4 Å². The van der Waals surface area contributed by atoms with Crippen molar-refractivity contribution in [2.24, 2.45) is 23.3 Å². The SMILES string of the molecule is Cc1nc(C(=O)NC2CCC2)ccc1-c1ccc(C[C@@H](C(N)=O)N(C(=O)C2CCC(CN)CC2)c2ccc3[nH]c(=O)[nH]c3c2)cc1.Cl. The van der Waals surface area contributed by atoms with E-state index in [4.69, 9.17) is 11.5 Å². The number of nitrogens with one attached hydrogen (secondary N) is 3. The van der Waals surface area contributed by atoms with Gasteiger partial charge >= 0.3 is 5.69 Å². The zero-order valence-electron chi connectivity index (χ0n) is 26.5. The summed E-state index contributed by atoms with van der Waals surface area (Å²) < 4.78 is 0. The number of benzene rings is 2. The number of rotatable bonds is 10. The molecule has 248 valence electrons. The lowest BCUT2D eigenvalue weighted by molar-refractivity contribution is -0.127. The van der Waals surface area contributed by atoms with Gasteiger partial charge in [-0.1, -0.05) is 30.3 Å². The molecule has 0 radical (unpaired) electrons. The van der Waals surface area contributed by atoms with E-state index in [1.54, 1.807) is 24.3 Å². The molecule has 0 bridgehead atoms. The molecule has 12 heteroatoms. The van der Waals surface area contributed by atoms with Gasteiger partial charge in [-0.2, -0.15) is 0 Å². The summed E-state index contributed by atoms with van der Waals surface area (Å²) in [6.45, 7) is 2.48. The number of hydrogen-bond donors (Lipinski definition) is 5. The molecule has 11 nitrogen and oxygen atoms in total. The highest BCUT2D eigenvalue weighted by Crippen LogP contribution is 2.33. The molecule has 2 heterocycles. The van der Waals surface area contributed by atoms with E-state index >= 15 is 0 Å². The first kappa shape index (κ1) is 33.9. The van der Waals surface area contributed by atoms with Crippen LogP contribution in [0.2, 0.25) is 0 Å². The Morgan fingerprint density at radius 1 is 0.957 bits per heavy atom. The van der Waals surface area contributed by atoms with Crippen LogP contribution in [0.4, 0.5) is 5.69 Å². The van der Waals surface area contributed by atoms with E-state index in [9.17, 15) is 19.2 Å². The van der Waals surface area contributed by atoms with Crippen molar-refractivity contribution in [3.8, 4) is 11.1 Å². The van der Waals surface area contributed by atoms with Crippen LogP contribution in [-0.2, 0) is 16.0 Å². The Bertz CT molecular complexity index is 1810. The van der Waals surface area contributed by atoms with Crippen LogP contribution in [0.15, 0.2) is 59.4 Å². The molecule has 3 amide bonds. The molecule has 47 heavy (non-hydrogen) atoms. The molecule has 2 aromatic carbocycles. The number of pyridine rings is 1. The maximum absolute atomic E-state index is 14.2. The maximum atomic E-state index is 14.2. The number of aromatic amines is 2. The molecule has 0 saturated heterocycles. The van der Waals surface area contributed by atoms with Gasteiger partial charge in [-0.25, -0.2) is 9.78 Å². The quantitative estimate of drug-likeness (QED) is 0.171. The first-order valence-electron chi connectivity index (χ1n) is 16.1. The number of nitrogens with two attached hydrogens (primary N) is 2. The fraction of sp³-hybridized carbons (Fsp3) is 0.400. The first-order chi connectivity index (χ1) is 22.2. The van der Waals surface area contributed by atoms with Gasteiger partial charge in [0, 0.05) is 35.3 Å². The molecule has 7 N–H and O–H groups in total. The van der Waals surface area contributed by atoms with Gasteiger partial charge in [0.2, 0.25) is 11.8 Å². The third-order valence-electron chi connectivity index (χ3n) is 9.64. The number of imidazole rings is 1. The second-order valence-electron chi connectivity index (χ2n) is 12.7. The second-order valence-corrected chi connectivity index (χ2v) is 12.7. The molecule has 2 saturated carbocycles. The number of carbonyl (C=O) groups excluding carboxylic acids is 3. The highest BCUT2D eigenvalue weighted by molar-refractivity contribution is 6.02. The molecule has 2 fully saturated rings. The number of primary amides is 1. The van der Waals surface area contributed by atoms with Crippen LogP contribution < -0.4 is 27.4 Å². The van der Waals surface area contributed by atoms with Gasteiger partial charge in [-0.15, -0.1) is 12.4 Å². The van der Waals surface area contributed by atoms with Crippen LogP contribution in [0.25, 0.3) is 22.2 Å². The van der Waals surface area contributed by atoms with Crippen molar-refractivity contribution in [1.82, 2.24) is 20.3 Å². The standard InChI is InChI=1S/C35H41N7O4.ClH/c1-20-27(14-16-29(38-20)33(44)39-25-3-2-4-25)23-9-5-21(6-10-23)17-31(32(37)43)42(34(45)24-11-7-22(19-36)8-12-24)26-13-15-28-30(18-26)41-35(46)40-28;/h5-6,9-10,13-16,18,22,24-25,31H,2-4,7-8,11-12,17,19,36H2,1H3,(H2,37,43)(H,39,44)(H2,40,41,46);1H/t22?,24?,31-;/m0./s1. The number of H-pyrrole nitrogens is 2. The van der Waals surface area contributed by atoms with Crippen molar-refractivity contribution in [3.05, 3.63) is 82.0 Å². The fourth-order valence-corrected chi connectivity index (χ4v) is 6.64. The van der Waals surface area contributed by atoms with E-state index in [1.165, 1.54) is 4.90 Å². The number of aromatic nitrogens is 3. The van der Waals surface area contributed by atoms with Crippen molar-refractivity contribution in [2.45, 2.75) is 70.4 Å². The number of fused-ring (bicyclic) bond motifs is 1. The lowest BCUT2D eigenvalue weighted by Crippen LogP contribution is -2.52. The normalized spacial score (nSPS) is 18.5. The Kier molecular flexibility index (Phi) is 10.5. The summed E-state index contributed by atoms with van der Waals surface area (Å²) in [5.41, 5.74) is 17.0. The monoisotopic (exact) mass is 659 g/mol. The molecule has 1 atom stereocenters. The number of carbonyl (C=O) groups is 3. The Morgan fingerprint density at radius 2 is 1.66 bits per heavy atom. The van der Waals surface area contributed by atoms with E-state index in [0.29, 0.717) is 47.7 Å². The van der Waals surface area contributed by atoms with Crippen LogP contribution in [-0.4, -0.2) is 51.3 Å². The number of halogens is 1. The predicted octanol–water partition coefficient (Wildman–Crippen LogP) is 4.13. The van der Waals surface area contributed by atoms with Gasteiger partial charge in [0.25, 0.3) is 5.91 Å². The summed E-state index contributed by atoms with van der Waals surface area (Å²) in [4.78, 5) is 63.3. The maximum Gasteiger partial charge on any atom is 0.323 e. The van der Waals surface area contributed by atoms with Crippen molar-refractivity contribution in [1.29, 1.82) is 0 Å². The summed E-state index contributed by atoms with van der Waals surface area (Å²) in [5, 5.41) is 3.03. The molecule has 2 aliphatic carbocycles.